The SMILES string of the molecule is O=C(O)Cc1cc(NCCCc2ccccc2)ncc1-c1ccccc1. The van der Waals surface area contributed by atoms with Crippen LogP contribution in [0.2, 0.25) is 0 Å². The maximum absolute atomic E-state index is 11.2. The number of rotatable bonds is 8. The van der Waals surface area contributed by atoms with Crippen LogP contribution in [0.15, 0.2) is 72.9 Å². The third kappa shape index (κ3) is 4.93. The minimum atomic E-state index is -0.844. The molecule has 0 spiro atoms. The normalized spacial score (nSPS) is 10.5. The maximum atomic E-state index is 11.2. The van der Waals surface area contributed by atoms with Crippen molar-refractivity contribution < 1.29 is 9.90 Å². The van der Waals surface area contributed by atoms with Gasteiger partial charge < -0.3 is 10.4 Å². The first-order valence-electron chi connectivity index (χ1n) is 8.76. The minimum Gasteiger partial charge on any atom is -0.481 e. The zero-order chi connectivity index (χ0) is 18.2. The summed E-state index contributed by atoms with van der Waals surface area (Å²) in [5.41, 5.74) is 3.92. The van der Waals surface area contributed by atoms with Gasteiger partial charge in [-0.3, -0.25) is 4.79 Å². The summed E-state index contributed by atoms with van der Waals surface area (Å²) in [4.78, 5) is 15.7. The van der Waals surface area contributed by atoms with E-state index in [0.717, 1.165) is 36.1 Å². The molecule has 2 N–H and O–H groups in total. The van der Waals surface area contributed by atoms with Gasteiger partial charge in [0.15, 0.2) is 0 Å². The number of pyridine rings is 1. The third-order valence-corrected chi connectivity index (χ3v) is 4.21. The first kappa shape index (κ1) is 17.7. The van der Waals surface area contributed by atoms with Crippen LogP contribution in [0, 0.1) is 0 Å². The summed E-state index contributed by atoms with van der Waals surface area (Å²) in [6, 6.07) is 22.0. The molecule has 3 aromatic rings. The van der Waals surface area contributed by atoms with Crippen LogP contribution in [0.4, 0.5) is 5.82 Å². The highest BCUT2D eigenvalue weighted by Gasteiger charge is 2.10. The highest BCUT2D eigenvalue weighted by molar-refractivity contribution is 5.77. The molecule has 132 valence electrons. The van der Waals surface area contributed by atoms with Crippen LogP contribution >= 0.6 is 0 Å². The highest BCUT2D eigenvalue weighted by Crippen LogP contribution is 2.25. The van der Waals surface area contributed by atoms with Crippen LogP contribution in [0.3, 0.4) is 0 Å². The average Bonchev–Trinajstić information content (AvgIpc) is 2.66. The summed E-state index contributed by atoms with van der Waals surface area (Å²) in [7, 11) is 0. The predicted molar refractivity (Wildman–Crippen MR) is 104 cm³/mol. The molecule has 0 saturated carbocycles. The van der Waals surface area contributed by atoms with Crippen LogP contribution in [-0.2, 0) is 17.6 Å². The molecule has 0 fully saturated rings. The molecule has 0 bridgehead atoms. The van der Waals surface area contributed by atoms with Gasteiger partial charge in [-0.1, -0.05) is 60.7 Å². The lowest BCUT2D eigenvalue weighted by molar-refractivity contribution is -0.136. The van der Waals surface area contributed by atoms with Crippen LogP contribution < -0.4 is 5.32 Å². The molecule has 0 amide bonds. The minimum absolute atomic E-state index is 0.0224. The fraction of sp³-hybridized carbons (Fsp3) is 0.182. The van der Waals surface area contributed by atoms with E-state index in [1.54, 1.807) is 6.20 Å². The Hall–Kier alpha value is -3.14. The maximum Gasteiger partial charge on any atom is 0.307 e. The fourth-order valence-corrected chi connectivity index (χ4v) is 2.93. The topological polar surface area (TPSA) is 62.2 Å². The average molecular weight is 346 g/mol. The number of nitrogens with zero attached hydrogens (tertiary/aromatic N) is 1. The van der Waals surface area contributed by atoms with Gasteiger partial charge in [-0.05, 0) is 35.6 Å². The van der Waals surface area contributed by atoms with Crippen molar-refractivity contribution in [3.8, 4) is 11.1 Å². The summed E-state index contributed by atoms with van der Waals surface area (Å²) in [5.74, 6) is -0.127. The van der Waals surface area contributed by atoms with Gasteiger partial charge >= 0.3 is 5.97 Å². The Morgan fingerprint density at radius 3 is 2.38 bits per heavy atom. The van der Waals surface area contributed by atoms with Gasteiger partial charge in [-0.15, -0.1) is 0 Å². The lowest BCUT2D eigenvalue weighted by Crippen LogP contribution is -2.07. The van der Waals surface area contributed by atoms with Crippen LogP contribution in [0.1, 0.15) is 17.5 Å². The number of aromatic nitrogens is 1. The Morgan fingerprint density at radius 2 is 1.69 bits per heavy atom. The third-order valence-electron chi connectivity index (χ3n) is 4.21. The lowest BCUT2D eigenvalue weighted by atomic mass is 10.00. The Kier molecular flexibility index (Phi) is 5.99. The van der Waals surface area contributed by atoms with Crippen LogP contribution in [0.5, 0.6) is 0 Å². The van der Waals surface area contributed by atoms with E-state index in [1.807, 2.05) is 54.6 Å². The number of carbonyl (C=O) groups is 1. The predicted octanol–water partition coefficient (Wildman–Crippen LogP) is 4.42. The van der Waals surface area contributed by atoms with Crippen LogP contribution in [0.25, 0.3) is 11.1 Å². The van der Waals surface area contributed by atoms with Crippen molar-refractivity contribution in [2.75, 3.05) is 11.9 Å². The van der Waals surface area contributed by atoms with Crippen molar-refractivity contribution >= 4 is 11.8 Å². The first-order valence-corrected chi connectivity index (χ1v) is 8.76. The van der Waals surface area contributed by atoms with Gasteiger partial charge in [0, 0.05) is 18.3 Å². The molecule has 0 unspecified atom stereocenters. The molecule has 2 aromatic carbocycles. The van der Waals surface area contributed by atoms with E-state index in [0.29, 0.717) is 5.82 Å². The van der Waals surface area contributed by atoms with E-state index in [2.05, 4.69) is 22.4 Å². The summed E-state index contributed by atoms with van der Waals surface area (Å²) in [5, 5.41) is 12.5. The Morgan fingerprint density at radius 1 is 1.00 bits per heavy atom. The zero-order valence-corrected chi connectivity index (χ0v) is 14.6. The van der Waals surface area contributed by atoms with Gasteiger partial charge in [-0.2, -0.15) is 0 Å². The second-order valence-corrected chi connectivity index (χ2v) is 6.18. The van der Waals surface area contributed by atoms with Crippen molar-refractivity contribution in [1.82, 2.24) is 4.98 Å². The van der Waals surface area contributed by atoms with Crippen molar-refractivity contribution in [3.63, 3.8) is 0 Å². The molecule has 0 saturated heterocycles. The van der Waals surface area contributed by atoms with Gasteiger partial charge in [-0.25, -0.2) is 4.98 Å². The van der Waals surface area contributed by atoms with Crippen molar-refractivity contribution in [2.24, 2.45) is 0 Å². The largest absolute Gasteiger partial charge is 0.481 e. The second-order valence-electron chi connectivity index (χ2n) is 6.18. The molecule has 0 atom stereocenters. The molecule has 26 heavy (non-hydrogen) atoms. The van der Waals surface area contributed by atoms with Crippen molar-refractivity contribution in [1.29, 1.82) is 0 Å². The fourth-order valence-electron chi connectivity index (χ4n) is 2.93. The molecule has 3 rings (SSSR count). The number of aliphatic carboxylic acids is 1. The molecule has 0 aliphatic heterocycles. The number of hydrogen-bond acceptors (Lipinski definition) is 3. The number of hydrogen-bond donors (Lipinski definition) is 2. The van der Waals surface area contributed by atoms with Crippen LogP contribution in [-0.4, -0.2) is 22.6 Å². The van der Waals surface area contributed by atoms with E-state index in [-0.39, 0.29) is 6.42 Å². The van der Waals surface area contributed by atoms with E-state index < -0.39 is 5.97 Å². The lowest BCUT2D eigenvalue weighted by Gasteiger charge is -2.11. The Labute approximate surface area is 153 Å². The Bertz CT molecular complexity index is 849. The molecule has 4 nitrogen and oxygen atoms in total. The highest BCUT2D eigenvalue weighted by atomic mass is 16.4. The van der Waals surface area contributed by atoms with E-state index in [4.69, 9.17) is 0 Å². The molecule has 1 aromatic heterocycles. The standard InChI is InChI=1S/C22H22N2O2/c25-22(26)15-19-14-21(23-13-7-10-17-8-3-1-4-9-17)24-16-20(19)18-11-5-2-6-12-18/h1-6,8-9,11-12,14,16H,7,10,13,15H2,(H,23,24)(H,25,26). The second kappa shape index (κ2) is 8.81. The molecule has 0 aliphatic rings. The molecular formula is C22H22N2O2. The smallest absolute Gasteiger partial charge is 0.307 e. The van der Waals surface area contributed by atoms with Gasteiger partial charge in [0.05, 0.1) is 6.42 Å². The number of benzene rings is 2. The van der Waals surface area contributed by atoms with Gasteiger partial charge in [0.1, 0.15) is 5.82 Å². The van der Waals surface area contributed by atoms with E-state index in [9.17, 15) is 9.90 Å². The number of carboxylic acid groups (broad SMARTS) is 1. The quantitative estimate of drug-likeness (QED) is 0.593. The van der Waals surface area contributed by atoms with E-state index >= 15 is 0 Å². The monoisotopic (exact) mass is 346 g/mol. The molecule has 0 aliphatic carbocycles. The van der Waals surface area contributed by atoms with Gasteiger partial charge in [0.25, 0.3) is 0 Å². The number of anilines is 1. The summed E-state index contributed by atoms with van der Waals surface area (Å²) < 4.78 is 0. The summed E-state index contributed by atoms with van der Waals surface area (Å²) in [6.07, 6.45) is 3.72. The zero-order valence-electron chi connectivity index (χ0n) is 14.6. The number of carboxylic acids is 1. The number of nitrogens with one attached hydrogen (secondary N) is 1. The van der Waals surface area contributed by atoms with Gasteiger partial charge in [0.2, 0.25) is 0 Å². The van der Waals surface area contributed by atoms with Crippen molar-refractivity contribution in [2.45, 2.75) is 19.3 Å². The molecule has 0 radical (unpaired) electrons. The van der Waals surface area contributed by atoms with E-state index in [1.165, 1.54) is 5.56 Å². The molecular weight excluding hydrogens is 324 g/mol. The Balaban J connectivity index is 1.67. The molecule has 1 heterocycles. The summed E-state index contributed by atoms with van der Waals surface area (Å²) >= 11 is 0. The van der Waals surface area contributed by atoms with Crippen molar-refractivity contribution in [3.05, 3.63) is 84.1 Å². The number of aryl methyl sites for hydroxylation is 1. The summed E-state index contributed by atoms with van der Waals surface area (Å²) in [6.45, 7) is 0.791. The molecule has 4 heteroatoms. The first-order chi connectivity index (χ1) is 12.7.